The maximum absolute atomic E-state index is 13.2. The van der Waals surface area contributed by atoms with Gasteiger partial charge in [0.05, 0.1) is 50.3 Å². The highest BCUT2D eigenvalue weighted by Gasteiger charge is 2.48. The standard InChI is InChI=1S/C18H25N3O4/c1-23-16-11-19-5-4-13(16)18(22)21-12-15(20-6-9-24-10-7-20)17-14(21)3-2-8-25-17/h4-5,11,14-15,17H,2-3,6-10,12H2,1H3/t14-,15-,17+/m0/s1. The van der Waals surface area contributed by atoms with Gasteiger partial charge in [-0.1, -0.05) is 0 Å². The molecule has 3 atom stereocenters. The molecule has 7 heteroatoms. The Kier molecular flexibility index (Phi) is 4.87. The van der Waals surface area contributed by atoms with E-state index in [9.17, 15) is 4.79 Å². The first kappa shape index (κ1) is 16.8. The van der Waals surface area contributed by atoms with Gasteiger partial charge in [-0.3, -0.25) is 14.7 Å². The molecule has 1 amide bonds. The molecular formula is C18H25N3O4. The van der Waals surface area contributed by atoms with Crippen molar-refractivity contribution in [2.45, 2.75) is 31.0 Å². The molecule has 0 unspecified atom stereocenters. The fourth-order valence-electron chi connectivity index (χ4n) is 4.27. The van der Waals surface area contributed by atoms with Crippen molar-refractivity contribution in [3.63, 3.8) is 0 Å². The number of hydrogen-bond acceptors (Lipinski definition) is 6. The van der Waals surface area contributed by atoms with E-state index in [1.54, 1.807) is 25.6 Å². The van der Waals surface area contributed by atoms with Crippen LogP contribution in [0.3, 0.4) is 0 Å². The number of rotatable bonds is 3. The Morgan fingerprint density at radius 2 is 2.12 bits per heavy atom. The summed E-state index contributed by atoms with van der Waals surface area (Å²) in [5.74, 6) is 0.533. The van der Waals surface area contributed by atoms with Gasteiger partial charge < -0.3 is 19.1 Å². The van der Waals surface area contributed by atoms with Gasteiger partial charge in [0.2, 0.25) is 0 Å². The highest BCUT2D eigenvalue weighted by molar-refractivity contribution is 5.97. The van der Waals surface area contributed by atoms with E-state index < -0.39 is 0 Å². The second-order valence-corrected chi connectivity index (χ2v) is 6.79. The van der Waals surface area contributed by atoms with Crippen molar-refractivity contribution in [3.8, 4) is 5.75 Å². The summed E-state index contributed by atoms with van der Waals surface area (Å²) in [6, 6.07) is 2.11. The first-order valence-corrected chi connectivity index (χ1v) is 9.02. The fraction of sp³-hybridized carbons (Fsp3) is 0.667. The van der Waals surface area contributed by atoms with Crippen molar-refractivity contribution in [3.05, 3.63) is 24.0 Å². The third kappa shape index (κ3) is 3.12. The van der Waals surface area contributed by atoms with E-state index >= 15 is 0 Å². The Bertz CT molecular complexity index is 620. The Labute approximate surface area is 147 Å². The molecular weight excluding hydrogens is 322 g/mol. The summed E-state index contributed by atoms with van der Waals surface area (Å²) in [7, 11) is 1.57. The summed E-state index contributed by atoms with van der Waals surface area (Å²) < 4.78 is 16.9. The van der Waals surface area contributed by atoms with Crippen LogP contribution in [-0.4, -0.2) is 85.4 Å². The zero-order valence-corrected chi connectivity index (χ0v) is 14.6. The Morgan fingerprint density at radius 3 is 2.92 bits per heavy atom. The molecule has 1 aromatic rings. The molecule has 7 nitrogen and oxygen atoms in total. The lowest BCUT2D eigenvalue weighted by Gasteiger charge is -2.37. The molecule has 0 aliphatic carbocycles. The quantitative estimate of drug-likeness (QED) is 0.806. The lowest BCUT2D eigenvalue weighted by molar-refractivity contribution is -0.0579. The molecule has 4 heterocycles. The van der Waals surface area contributed by atoms with Crippen molar-refractivity contribution in [2.75, 3.05) is 46.6 Å². The van der Waals surface area contributed by atoms with Crippen LogP contribution in [0.25, 0.3) is 0 Å². The number of carbonyl (C=O) groups is 1. The number of methoxy groups -OCH3 is 1. The van der Waals surface area contributed by atoms with E-state index in [0.717, 1.165) is 45.8 Å². The lowest BCUT2D eigenvalue weighted by atomic mass is 9.99. The van der Waals surface area contributed by atoms with E-state index in [1.807, 2.05) is 4.90 Å². The summed E-state index contributed by atoms with van der Waals surface area (Å²) in [4.78, 5) is 21.7. The van der Waals surface area contributed by atoms with Crippen LogP contribution >= 0.6 is 0 Å². The van der Waals surface area contributed by atoms with Crippen LogP contribution in [0.15, 0.2) is 18.5 Å². The molecule has 0 bridgehead atoms. The number of carbonyl (C=O) groups excluding carboxylic acids is 1. The Morgan fingerprint density at radius 1 is 1.28 bits per heavy atom. The van der Waals surface area contributed by atoms with Crippen LogP contribution in [-0.2, 0) is 9.47 Å². The minimum absolute atomic E-state index is 0.00973. The topological polar surface area (TPSA) is 64.1 Å². The van der Waals surface area contributed by atoms with Crippen molar-refractivity contribution in [1.29, 1.82) is 0 Å². The number of hydrogen-bond donors (Lipinski definition) is 0. The third-order valence-corrected chi connectivity index (χ3v) is 5.51. The van der Waals surface area contributed by atoms with E-state index in [2.05, 4.69) is 9.88 Å². The van der Waals surface area contributed by atoms with Crippen LogP contribution in [0, 0.1) is 0 Å². The normalized spacial score (nSPS) is 30.1. The molecule has 136 valence electrons. The molecule has 0 spiro atoms. The van der Waals surface area contributed by atoms with Crippen molar-refractivity contribution >= 4 is 5.91 Å². The van der Waals surface area contributed by atoms with E-state index in [4.69, 9.17) is 14.2 Å². The molecule has 3 saturated heterocycles. The third-order valence-electron chi connectivity index (χ3n) is 5.51. The molecule has 0 radical (unpaired) electrons. The van der Waals surface area contributed by atoms with Gasteiger partial charge in [0, 0.05) is 32.4 Å². The van der Waals surface area contributed by atoms with Gasteiger partial charge in [-0.15, -0.1) is 0 Å². The number of amides is 1. The Hall–Kier alpha value is -1.70. The molecule has 3 fully saturated rings. The average molecular weight is 347 g/mol. The minimum Gasteiger partial charge on any atom is -0.494 e. The molecule has 3 aliphatic rings. The van der Waals surface area contributed by atoms with Gasteiger partial charge in [-0.2, -0.15) is 0 Å². The first-order chi connectivity index (χ1) is 12.3. The number of ether oxygens (including phenoxy) is 3. The van der Waals surface area contributed by atoms with Gasteiger partial charge in [0.25, 0.3) is 5.91 Å². The highest BCUT2D eigenvalue weighted by atomic mass is 16.5. The zero-order chi connectivity index (χ0) is 17.2. The predicted octanol–water partition coefficient (Wildman–Crippen LogP) is 0.794. The molecule has 0 N–H and O–H groups in total. The maximum atomic E-state index is 13.2. The number of fused-ring (bicyclic) bond motifs is 1. The Balaban J connectivity index is 1.59. The molecule has 25 heavy (non-hydrogen) atoms. The number of pyridine rings is 1. The van der Waals surface area contributed by atoms with Crippen LogP contribution in [0.2, 0.25) is 0 Å². The molecule has 0 aromatic carbocycles. The van der Waals surface area contributed by atoms with Crippen LogP contribution < -0.4 is 4.74 Å². The SMILES string of the molecule is COc1cnccc1C(=O)N1C[C@H](N2CCOCC2)[C@@H]2OCCC[C@@H]21. The molecule has 3 aliphatic heterocycles. The van der Waals surface area contributed by atoms with Gasteiger partial charge in [0.1, 0.15) is 5.75 Å². The van der Waals surface area contributed by atoms with Crippen LogP contribution in [0.5, 0.6) is 5.75 Å². The predicted molar refractivity (Wildman–Crippen MR) is 90.8 cm³/mol. The summed E-state index contributed by atoms with van der Waals surface area (Å²) in [5.41, 5.74) is 0.574. The first-order valence-electron chi connectivity index (χ1n) is 9.02. The smallest absolute Gasteiger partial charge is 0.258 e. The number of morpholine rings is 1. The largest absolute Gasteiger partial charge is 0.494 e. The van der Waals surface area contributed by atoms with Crippen molar-refractivity contribution in [1.82, 2.24) is 14.8 Å². The van der Waals surface area contributed by atoms with Crippen molar-refractivity contribution in [2.24, 2.45) is 0 Å². The van der Waals surface area contributed by atoms with Crippen LogP contribution in [0.1, 0.15) is 23.2 Å². The van der Waals surface area contributed by atoms with Gasteiger partial charge in [-0.25, -0.2) is 0 Å². The average Bonchev–Trinajstić information content (AvgIpc) is 3.08. The lowest BCUT2D eigenvalue weighted by Crippen LogP contribution is -2.51. The van der Waals surface area contributed by atoms with Crippen LogP contribution in [0.4, 0.5) is 0 Å². The second-order valence-electron chi connectivity index (χ2n) is 6.79. The maximum Gasteiger partial charge on any atom is 0.258 e. The molecule has 1 aromatic heterocycles. The fourth-order valence-corrected chi connectivity index (χ4v) is 4.27. The highest BCUT2D eigenvalue weighted by Crippen LogP contribution is 2.34. The van der Waals surface area contributed by atoms with Gasteiger partial charge in [-0.05, 0) is 18.9 Å². The van der Waals surface area contributed by atoms with E-state index in [0.29, 0.717) is 17.9 Å². The number of aromatic nitrogens is 1. The minimum atomic E-state index is 0.00973. The second kappa shape index (κ2) is 7.27. The monoisotopic (exact) mass is 347 g/mol. The van der Waals surface area contributed by atoms with Gasteiger partial charge >= 0.3 is 0 Å². The summed E-state index contributed by atoms with van der Waals surface area (Å²) in [5, 5.41) is 0. The molecule has 4 rings (SSSR count). The van der Waals surface area contributed by atoms with Gasteiger partial charge in [0.15, 0.2) is 0 Å². The zero-order valence-electron chi connectivity index (χ0n) is 14.6. The summed E-state index contributed by atoms with van der Waals surface area (Å²) >= 11 is 0. The summed E-state index contributed by atoms with van der Waals surface area (Å²) in [6.45, 7) is 4.78. The molecule has 0 saturated carbocycles. The van der Waals surface area contributed by atoms with E-state index in [1.165, 1.54) is 0 Å². The number of nitrogens with zero attached hydrogens (tertiary/aromatic N) is 3. The van der Waals surface area contributed by atoms with E-state index in [-0.39, 0.29) is 24.1 Å². The number of likely N-dealkylation sites (tertiary alicyclic amines) is 1. The summed E-state index contributed by atoms with van der Waals surface area (Å²) in [6.07, 6.45) is 5.31. The van der Waals surface area contributed by atoms with Crippen molar-refractivity contribution < 1.29 is 19.0 Å².